The third-order valence-corrected chi connectivity index (χ3v) is 9.64. The number of nitrogens with zero attached hydrogens (tertiary/aromatic N) is 3. The number of hydrogen-bond donors (Lipinski definition) is 0. The highest BCUT2D eigenvalue weighted by Crippen LogP contribution is 2.39. The summed E-state index contributed by atoms with van der Waals surface area (Å²) in [6, 6.07) is 57.0. The average Bonchev–Trinajstić information content (AvgIpc) is 3.63. The summed E-state index contributed by atoms with van der Waals surface area (Å²) >= 11 is 0. The molecule has 0 aliphatic rings. The first-order chi connectivity index (χ1) is 23.3. The van der Waals surface area contributed by atoms with E-state index in [2.05, 4.69) is 130 Å². The van der Waals surface area contributed by atoms with Crippen LogP contribution in [0, 0.1) is 0 Å². The Kier molecular flexibility index (Phi) is 5.40. The van der Waals surface area contributed by atoms with E-state index in [1.54, 1.807) is 0 Å². The number of aromatic nitrogens is 3. The molecule has 4 heteroatoms. The van der Waals surface area contributed by atoms with E-state index in [0.717, 1.165) is 49.8 Å². The van der Waals surface area contributed by atoms with Crippen molar-refractivity contribution in [2.45, 2.75) is 0 Å². The van der Waals surface area contributed by atoms with Crippen LogP contribution in [0.1, 0.15) is 0 Å². The second kappa shape index (κ2) is 9.80. The van der Waals surface area contributed by atoms with Crippen molar-refractivity contribution in [3.63, 3.8) is 0 Å². The lowest BCUT2D eigenvalue weighted by molar-refractivity contribution is 1.06. The Hall–Kier alpha value is -6.39. The Morgan fingerprint density at radius 3 is 1.17 bits per heavy atom. The molecule has 3 heterocycles. The molecule has 220 valence electrons. The van der Waals surface area contributed by atoms with Crippen LogP contribution < -0.4 is 5.56 Å². The smallest absolute Gasteiger partial charge is 0.263 e. The zero-order chi connectivity index (χ0) is 31.1. The summed E-state index contributed by atoms with van der Waals surface area (Å²) in [4.78, 5) is 13.9. The maximum Gasteiger partial charge on any atom is 0.263 e. The molecule has 7 aromatic carbocycles. The van der Waals surface area contributed by atoms with E-state index in [9.17, 15) is 4.79 Å². The van der Waals surface area contributed by atoms with Crippen LogP contribution in [0.2, 0.25) is 0 Å². The molecule has 10 aromatic rings. The minimum atomic E-state index is -0.0129. The zero-order valence-corrected chi connectivity index (χ0v) is 25.3. The van der Waals surface area contributed by atoms with Crippen molar-refractivity contribution in [2.24, 2.45) is 0 Å². The maximum absolute atomic E-state index is 13.9. The third-order valence-electron chi connectivity index (χ3n) is 9.64. The summed E-state index contributed by atoms with van der Waals surface area (Å²) in [5.41, 5.74) is 8.59. The lowest BCUT2D eigenvalue weighted by Gasteiger charge is -2.14. The summed E-state index contributed by atoms with van der Waals surface area (Å²) in [5, 5.41) is 7.61. The minimum Gasteiger partial charge on any atom is -0.309 e. The summed E-state index contributed by atoms with van der Waals surface area (Å²) in [7, 11) is 0. The first-order valence-corrected chi connectivity index (χ1v) is 15.9. The van der Waals surface area contributed by atoms with Crippen molar-refractivity contribution in [3.8, 4) is 17.1 Å². The van der Waals surface area contributed by atoms with Crippen molar-refractivity contribution in [1.29, 1.82) is 0 Å². The van der Waals surface area contributed by atoms with Gasteiger partial charge in [-0.25, -0.2) is 0 Å². The van der Waals surface area contributed by atoms with E-state index in [1.807, 2.05) is 47.0 Å². The van der Waals surface area contributed by atoms with Gasteiger partial charge in [-0.3, -0.25) is 9.36 Å². The highest BCUT2D eigenvalue weighted by molar-refractivity contribution is 6.19. The second-order valence-corrected chi connectivity index (χ2v) is 12.1. The first-order valence-electron chi connectivity index (χ1n) is 15.9. The fraction of sp³-hybridized carbons (Fsp3) is 0. The van der Waals surface area contributed by atoms with Gasteiger partial charge in [0.15, 0.2) is 0 Å². The predicted molar refractivity (Wildman–Crippen MR) is 196 cm³/mol. The molecule has 0 amide bonds. The Bertz CT molecular complexity index is 2910. The molecule has 0 radical (unpaired) electrons. The molecule has 0 unspecified atom stereocenters. The Morgan fingerprint density at radius 1 is 0.277 bits per heavy atom. The largest absolute Gasteiger partial charge is 0.309 e. The van der Waals surface area contributed by atoms with Gasteiger partial charge in [-0.1, -0.05) is 91.0 Å². The van der Waals surface area contributed by atoms with E-state index in [-0.39, 0.29) is 5.56 Å². The van der Waals surface area contributed by atoms with Crippen LogP contribution in [0.3, 0.4) is 0 Å². The van der Waals surface area contributed by atoms with Gasteiger partial charge in [0.25, 0.3) is 5.56 Å². The summed E-state index contributed by atoms with van der Waals surface area (Å²) in [6.45, 7) is 0. The molecule has 0 saturated carbocycles. The predicted octanol–water partition coefficient (Wildman–Crippen LogP) is 10.3. The average molecular weight is 602 g/mol. The minimum absolute atomic E-state index is 0.0129. The van der Waals surface area contributed by atoms with Crippen LogP contribution in [-0.2, 0) is 0 Å². The molecule has 10 rings (SSSR count). The molecule has 0 N–H and O–H groups in total. The molecule has 0 saturated heterocycles. The van der Waals surface area contributed by atoms with E-state index in [1.165, 1.54) is 32.6 Å². The first kappa shape index (κ1) is 25.9. The number of fused-ring (bicyclic) bond motifs is 9. The Balaban J connectivity index is 1.23. The van der Waals surface area contributed by atoms with Crippen LogP contribution in [0.25, 0.3) is 82.3 Å². The van der Waals surface area contributed by atoms with Gasteiger partial charge in [-0.2, -0.15) is 0 Å². The molecule has 3 aromatic heterocycles. The maximum atomic E-state index is 13.9. The highest BCUT2D eigenvalue weighted by atomic mass is 16.1. The summed E-state index contributed by atoms with van der Waals surface area (Å²) < 4.78 is 6.57. The van der Waals surface area contributed by atoms with Crippen LogP contribution in [0.15, 0.2) is 169 Å². The normalized spacial score (nSPS) is 11.9. The van der Waals surface area contributed by atoms with Gasteiger partial charge >= 0.3 is 0 Å². The van der Waals surface area contributed by atoms with Crippen molar-refractivity contribution < 1.29 is 0 Å². The van der Waals surface area contributed by atoms with Crippen LogP contribution in [0.5, 0.6) is 0 Å². The van der Waals surface area contributed by atoms with Gasteiger partial charge in [-0.05, 0) is 78.2 Å². The molecular formula is C43H27N3O. The quantitative estimate of drug-likeness (QED) is 0.185. The second-order valence-electron chi connectivity index (χ2n) is 12.1. The molecule has 0 aliphatic heterocycles. The van der Waals surface area contributed by atoms with Crippen LogP contribution in [-0.4, -0.2) is 13.7 Å². The Morgan fingerprint density at radius 2 is 0.638 bits per heavy atom. The van der Waals surface area contributed by atoms with Gasteiger partial charge in [-0.15, -0.1) is 0 Å². The SMILES string of the molecule is O=c1c2ccccc2c2ccccc2n1-c1ccc(-n2c3ccccc3c3cc4c(cc32)c2ccccc2n4-c2ccccc2)cc1. The molecule has 0 fully saturated rings. The molecule has 47 heavy (non-hydrogen) atoms. The Labute approximate surface area is 269 Å². The van der Waals surface area contributed by atoms with Crippen LogP contribution >= 0.6 is 0 Å². The summed E-state index contributed by atoms with van der Waals surface area (Å²) in [5.74, 6) is 0. The standard InChI is InChI=1S/C43H27N3O/c47-43-35-18-5-4-14-31(35)32-15-6-11-21-40(32)46(43)30-24-22-29(23-25-30)45-39-20-10-8-17-34(39)37-26-41-36(27-42(37)45)33-16-7-9-19-38(33)44(41)28-12-2-1-3-13-28/h1-27H. The highest BCUT2D eigenvalue weighted by Gasteiger charge is 2.19. The van der Waals surface area contributed by atoms with Gasteiger partial charge in [0, 0.05) is 49.4 Å². The lowest BCUT2D eigenvalue weighted by atomic mass is 10.1. The van der Waals surface area contributed by atoms with Gasteiger partial charge < -0.3 is 9.13 Å². The van der Waals surface area contributed by atoms with E-state index >= 15 is 0 Å². The molecule has 0 bridgehead atoms. The molecule has 0 atom stereocenters. The zero-order valence-electron chi connectivity index (χ0n) is 25.3. The fourth-order valence-corrected chi connectivity index (χ4v) is 7.60. The van der Waals surface area contributed by atoms with Gasteiger partial charge in [0.2, 0.25) is 0 Å². The molecular weight excluding hydrogens is 574 g/mol. The fourth-order valence-electron chi connectivity index (χ4n) is 7.60. The number of para-hydroxylation sites is 4. The van der Waals surface area contributed by atoms with Crippen LogP contribution in [0.4, 0.5) is 0 Å². The lowest BCUT2D eigenvalue weighted by Crippen LogP contribution is -2.19. The summed E-state index contributed by atoms with van der Waals surface area (Å²) in [6.07, 6.45) is 0. The molecule has 0 spiro atoms. The molecule has 0 aliphatic carbocycles. The van der Waals surface area contributed by atoms with Crippen molar-refractivity contribution in [1.82, 2.24) is 13.7 Å². The molecule has 4 nitrogen and oxygen atoms in total. The van der Waals surface area contributed by atoms with Gasteiger partial charge in [0.1, 0.15) is 0 Å². The third kappa shape index (κ3) is 3.67. The number of pyridine rings is 1. The number of hydrogen-bond acceptors (Lipinski definition) is 1. The topological polar surface area (TPSA) is 31.9 Å². The number of rotatable bonds is 3. The number of benzene rings is 7. The van der Waals surface area contributed by atoms with Gasteiger partial charge in [0.05, 0.1) is 27.6 Å². The van der Waals surface area contributed by atoms with Crippen molar-refractivity contribution in [2.75, 3.05) is 0 Å². The monoisotopic (exact) mass is 601 g/mol. The van der Waals surface area contributed by atoms with E-state index in [4.69, 9.17) is 0 Å². The van der Waals surface area contributed by atoms with E-state index in [0.29, 0.717) is 0 Å². The van der Waals surface area contributed by atoms with Crippen molar-refractivity contribution in [3.05, 3.63) is 174 Å². The van der Waals surface area contributed by atoms with E-state index < -0.39 is 0 Å². The van der Waals surface area contributed by atoms with Crippen molar-refractivity contribution >= 4 is 65.3 Å².